The molecule has 22 heavy (non-hydrogen) atoms. The topological polar surface area (TPSA) is 53.0 Å². The van der Waals surface area contributed by atoms with Crippen LogP contribution >= 0.6 is 0 Å². The molecule has 1 fully saturated rings. The molecule has 5 nitrogen and oxygen atoms in total. The number of carbonyl (C=O) groups is 1. The second-order valence-corrected chi connectivity index (χ2v) is 6.83. The first-order chi connectivity index (χ1) is 10.3. The summed E-state index contributed by atoms with van der Waals surface area (Å²) in [5.41, 5.74) is 0.630. The lowest BCUT2D eigenvalue weighted by molar-refractivity contribution is 0.0205. The van der Waals surface area contributed by atoms with Crippen LogP contribution in [0.25, 0.3) is 0 Å². The van der Waals surface area contributed by atoms with Crippen LogP contribution in [-0.4, -0.2) is 47.9 Å². The third-order valence-electron chi connectivity index (χ3n) is 3.92. The van der Waals surface area contributed by atoms with Crippen molar-refractivity contribution < 1.29 is 14.6 Å². The summed E-state index contributed by atoms with van der Waals surface area (Å²) >= 11 is 0. The molecule has 1 heterocycles. The zero-order valence-corrected chi connectivity index (χ0v) is 13.9. The van der Waals surface area contributed by atoms with Crippen LogP contribution in [0.15, 0.2) is 24.3 Å². The van der Waals surface area contributed by atoms with Gasteiger partial charge in [0.2, 0.25) is 0 Å². The fourth-order valence-electron chi connectivity index (χ4n) is 2.66. The van der Waals surface area contributed by atoms with Crippen molar-refractivity contribution in [3.63, 3.8) is 0 Å². The van der Waals surface area contributed by atoms with Gasteiger partial charge in [0, 0.05) is 31.9 Å². The molecule has 0 aromatic heterocycles. The maximum Gasteiger partial charge on any atom is 0.410 e. The van der Waals surface area contributed by atoms with E-state index in [0.29, 0.717) is 19.1 Å². The minimum Gasteiger partial charge on any atom is -0.508 e. The SMILES string of the molecule is CN(c1ccc(O)cc1)C1CCN(C(=O)OC(C)(C)C)CC1. The summed E-state index contributed by atoms with van der Waals surface area (Å²) in [5, 5.41) is 9.36. The highest BCUT2D eigenvalue weighted by atomic mass is 16.6. The summed E-state index contributed by atoms with van der Waals surface area (Å²) in [6, 6.07) is 7.61. The summed E-state index contributed by atoms with van der Waals surface area (Å²) in [6.45, 7) is 7.08. The summed E-state index contributed by atoms with van der Waals surface area (Å²) < 4.78 is 5.42. The number of nitrogens with zero attached hydrogens (tertiary/aromatic N) is 2. The van der Waals surface area contributed by atoms with Gasteiger partial charge in [-0.25, -0.2) is 4.79 Å². The van der Waals surface area contributed by atoms with Crippen molar-refractivity contribution in [1.82, 2.24) is 4.90 Å². The van der Waals surface area contributed by atoms with Crippen LogP contribution in [0, 0.1) is 0 Å². The zero-order chi connectivity index (χ0) is 16.3. The van der Waals surface area contributed by atoms with E-state index in [1.54, 1.807) is 17.0 Å². The van der Waals surface area contributed by atoms with Gasteiger partial charge in [-0.05, 0) is 57.9 Å². The molecular formula is C17H26N2O3. The number of likely N-dealkylation sites (tertiary alicyclic amines) is 1. The Morgan fingerprint density at radius 2 is 1.77 bits per heavy atom. The van der Waals surface area contributed by atoms with E-state index in [1.807, 2.05) is 32.9 Å². The molecule has 0 radical (unpaired) electrons. The number of amides is 1. The predicted molar refractivity (Wildman–Crippen MR) is 87.3 cm³/mol. The van der Waals surface area contributed by atoms with E-state index >= 15 is 0 Å². The Labute approximate surface area is 132 Å². The van der Waals surface area contributed by atoms with Crippen LogP contribution in [0.3, 0.4) is 0 Å². The number of hydrogen-bond donors (Lipinski definition) is 1. The van der Waals surface area contributed by atoms with Crippen LogP contribution in [0.2, 0.25) is 0 Å². The average molecular weight is 306 g/mol. The smallest absolute Gasteiger partial charge is 0.410 e. The zero-order valence-electron chi connectivity index (χ0n) is 13.9. The number of aromatic hydroxyl groups is 1. The lowest BCUT2D eigenvalue weighted by Gasteiger charge is -2.38. The Kier molecular flexibility index (Phi) is 4.84. The number of piperidine rings is 1. The van der Waals surface area contributed by atoms with Gasteiger partial charge in [0.05, 0.1) is 0 Å². The summed E-state index contributed by atoms with van der Waals surface area (Å²) in [5.74, 6) is 0.275. The molecule has 1 saturated heterocycles. The normalized spacial score (nSPS) is 16.5. The first kappa shape index (κ1) is 16.5. The number of anilines is 1. The molecule has 0 saturated carbocycles. The van der Waals surface area contributed by atoms with Crippen molar-refractivity contribution in [1.29, 1.82) is 0 Å². The molecule has 122 valence electrons. The van der Waals surface area contributed by atoms with Gasteiger partial charge in [-0.3, -0.25) is 0 Å². The van der Waals surface area contributed by atoms with Crippen molar-refractivity contribution in [3.8, 4) is 5.75 Å². The van der Waals surface area contributed by atoms with Crippen LogP contribution in [0.5, 0.6) is 5.75 Å². The van der Waals surface area contributed by atoms with E-state index in [4.69, 9.17) is 4.74 Å². The van der Waals surface area contributed by atoms with Crippen molar-refractivity contribution in [2.45, 2.75) is 45.3 Å². The van der Waals surface area contributed by atoms with E-state index in [9.17, 15) is 9.90 Å². The number of phenols is 1. The molecule has 0 aliphatic carbocycles. The molecule has 1 N–H and O–H groups in total. The summed E-state index contributed by atoms with van der Waals surface area (Å²) in [6.07, 6.45) is 1.60. The van der Waals surface area contributed by atoms with Gasteiger partial charge in [0.25, 0.3) is 0 Å². The largest absolute Gasteiger partial charge is 0.508 e. The molecule has 1 aromatic rings. The van der Waals surface area contributed by atoms with Gasteiger partial charge in [0.15, 0.2) is 0 Å². The molecule has 0 bridgehead atoms. The lowest BCUT2D eigenvalue weighted by Crippen LogP contribution is -2.47. The number of ether oxygens (including phenoxy) is 1. The molecule has 1 aliphatic heterocycles. The Balaban J connectivity index is 1.89. The number of rotatable bonds is 2. The van der Waals surface area contributed by atoms with Crippen molar-refractivity contribution in [2.24, 2.45) is 0 Å². The molecule has 0 spiro atoms. The molecule has 1 aromatic carbocycles. The van der Waals surface area contributed by atoms with E-state index in [2.05, 4.69) is 11.9 Å². The van der Waals surface area contributed by atoms with Crippen LogP contribution in [-0.2, 0) is 4.74 Å². The van der Waals surface area contributed by atoms with Crippen LogP contribution < -0.4 is 4.90 Å². The highest BCUT2D eigenvalue weighted by molar-refractivity contribution is 5.68. The molecule has 0 atom stereocenters. The quantitative estimate of drug-likeness (QED) is 0.911. The first-order valence-electron chi connectivity index (χ1n) is 7.76. The van der Waals surface area contributed by atoms with E-state index in [1.165, 1.54) is 0 Å². The van der Waals surface area contributed by atoms with Gasteiger partial charge in [-0.1, -0.05) is 0 Å². The van der Waals surface area contributed by atoms with Crippen LogP contribution in [0.4, 0.5) is 10.5 Å². The molecule has 1 aliphatic rings. The van der Waals surface area contributed by atoms with Gasteiger partial charge >= 0.3 is 6.09 Å². The fraction of sp³-hybridized carbons (Fsp3) is 0.588. The Bertz CT molecular complexity index is 500. The Hall–Kier alpha value is -1.91. The lowest BCUT2D eigenvalue weighted by atomic mass is 10.0. The van der Waals surface area contributed by atoms with Gasteiger partial charge in [0.1, 0.15) is 11.4 Å². The number of benzene rings is 1. The van der Waals surface area contributed by atoms with E-state index in [-0.39, 0.29) is 11.8 Å². The maximum atomic E-state index is 12.1. The van der Waals surface area contributed by atoms with Crippen molar-refractivity contribution in [3.05, 3.63) is 24.3 Å². The van der Waals surface area contributed by atoms with Crippen molar-refractivity contribution >= 4 is 11.8 Å². The predicted octanol–water partition coefficient (Wildman–Crippen LogP) is 3.23. The molecule has 1 amide bonds. The second-order valence-electron chi connectivity index (χ2n) is 6.83. The molecule has 5 heteroatoms. The monoisotopic (exact) mass is 306 g/mol. The summed E-state index contributed by atoms with van der Waals surface area (Å²) in [4.78, 5) is 16.1. The highest BCUT2D eigenvalue weighted by Gasteiger charge is 2.28. The van der Waals surface area contributed by atoms with Gasteiger partial charge in [-0.2, -0.15) is 0 Å². The number of carbonyl (C=O) groups excluding carboxylic acids is 1. The van der Waals surface area contributed by atoms with Gasteiger partial charge in [-0.15, -0.1) is 0 Å². The standard InChI is InChI=1S/C17H26N2O3/c1-17(2,3)22-16(21)19-11-9-14(10-12-19)18(4)13-5-7-15(20)8-6-13/h5-8,14,20H,9-12H2,1-4H3. The molecule has 2 rings (SSSR count). The van der Waals surface area contributed by atoms with E-state index in [0.717, 1.165) is 18.5 Å². The minimum atomic E-state index is -0.448. The Morgan fingerprint density at radius 1 is 1.23 bits per heavy atom. The van der Waals surface area contributed by atoms with Crippen LogP contribution in [0.1, 0.15) is 33.6 Å². The van der Waals surface area contributed by atoms with Gasteiger partial charge < -0.3 is 19.6 Å². The maximum absolute atomic E-state index is 12.1. The fourth-order valence-corrected chi connectivity index (χ4v) is 2.66. The third-order valence-corrected chi connectivity index (χ3v) is 3.92. The van der Waals surface area contributed by atoms with E-state index < -0.39 is 5.60 Å². The number of hydrogen-bond acceptors (Lipinski definition) is 4. The second kappa shape index (κ2) is 6.46. The molecule has 0 unspecified atom stereocenters. The number of phenolic OH excluding ortho intramolecular Hbond substituents is 1. The highest BCUT2D eigenvalue weighted by Crippen LogP contribution is 2.24. The average Bonchev–Trinajstić information content (AvgIpc) is 2.46. The summed E-state index contributed by atoms with van der Waals surface area (Å²) in [7, 11) is 2.06. The minimum absolute atomic E-state index is 0.224. The first-order valence-corrected chi connectivity index (χ1v) is 7.76. The molecular weight excluding hydrogens is 280 g/mol. The van der Waals surface area contributed by atoms with Crippen molar-refractivity contribution in [2.75, 3.05) is 25.0 Å². The third kappa shape index (κ3) is 4.29. The Morgan fingerprint density at radius 3 is 2.27 bits per heavy atom.